The van der Waals surface area contributed by atoms with E-state index in [1.54, 1.807) is 0 Å². The number of phosphoric acid groups is 1. The molecule has 284 valence electrons. The fourth-order valence-corrected chi connectivity index (χ4v) is 6.22. The lowest BCUT2D eigenvalue weighted by Gasteiger charge is -2.19. The number of carbonyl (C=O) groups is 2. The number of allylic oxidation sites excluding steroid dienone is 2. The van der Waals surface area contributed by atoms with Gasteiger partial charge in [0.25, 0.3) is 0 Å². The average molecular weight is 704 g/mol. The van der Waals surface area contributed by atoms with Gasteiger partial charge in [0.2, 0.25) is 0 Å². The van der Waals surface area contributed by atoms with Gasteiger partial charge in [0.05, 0.1) is 13.2 Å². The zero-order valence-corrected chi connectivity index (χ0v) is 31.9. The highest BCUT2D eigenvalue weighted by molar-refractivity contribution is 7.47. The summed E-state index contributed by atoms with van der Waals surface area (Å²) in [4.78, 5) is 34.7. The molecule has 0 fully saturated rings. The maximum atomic E-state index is 12.5. The highest BCUT2D eigenvalue weighted by atomic mass is 31.2. The largest absolute Gasteiger partial charge is 0.472 e. The first-order valence-corrected chi connectivity index (χ1v) is 21.2. The van der Waals surface area contributed by atoms with Crippen molar-refractivity contribution in [1.29, 1.82) is 0 Å². The van der Waals surface area contributed by atoms with Crippen LogP contribution >= 0.6 is 7.82 Å². The van der Waals surface area contributed by atoms with Gasteiger partial charge in [-0.25, -0.2) is 4.57 Å². The van der Waals surface area contributed by atoms with E-state index in [4.69, 9.17) is 24.3 Å². The van der Waals surface area contributed by atoms with Crippen LogP contribution in [0.3, 0.4) is 0 Å². The Morgan fingerprint density at radius 2 is 1.02 bits per heavy atom. The summed E-state index contributed by atoms with van der Waals surface area (Å²) in [5.41, 5.74) is 5.33. The van der Waals surface area contributed by atoms with Crippen LogP contribution in [0.25, 0.3) is 0 Å². The van der Waals surface area contributed by atoms with Gasteiger partial charge >= 0.3 is 19.8 Å². The Kier molecular flexibility index (Phi) is 34.6. The Balaban J connectivity index is 4.19. The van der Waals surface area contributed by atoms with E-state index in [0.29, 0.717) is 6.42 Å². The van der Waals surface area contributed by atoms with Gasteiger partial charge in [-0.15, -0.1) is 0 Å². The van der Waals surface area contributed by atoms with E-state index in [2.05, 4.69) is 26.0 Å². The third-order valence-electron chi connectivity index (χ3n) is 8.40. The monoisotopic (exact) mass is 704 g/mol. The van der Waals surface area contributed by atoms with E-state index < -0.39 is 26.5 Å². The molecule has 0 aliphatic rings. The fraction of sp³-hybridized carbons (Fsp3) is 0.895. The summed E-state index contributed by atoms with van der Waals surface area (Å²) in [5, 5.41) is 0. The maximum absolute atomic E-state index is 12.5. The van der Waals surface area contributed by atoms with Crippen molar-refractivity contribution in [3.8, 4) is 0 Å². The summed E-state index contributed by atoms with van der Waals surface area (Å²) < 4.78 is 32.6. The number of ether oxygens (including phenoxy) is 2. The van der Waals surface area contributed by atoms with Crippen LogP contribution in [0.5, 0.6) is 0 Å². The fourth-order valence-electron chi connectivity index (χ4n) is 5.45. The summed E-state index contributed by atoms with van der Waals surface area (Å²) in [5.74, 6) is -0.833. The van der Waals surface area contributed by atoms with Crippen molar-refractivity contribution < 1.29 is 37.6 Å². The molecule has 0 bridgehead atoms. The number of unbranched alkanes of at least 4 members (excludes halogenated alkanes) is 22. The third kappa shape index (κ3) is 34.6. The van der Waals surface area contributed by atoms with Crippen molar-refractivity contribution in [2.75, 3.05) is 26.4 Å². The second kappa shape index (κ2) is 35.6. The third-order valence-corrected chi connectivity index (χ3v) is 9.39. The lowest BCUT2D eigenvalue weighted by Crippen LogP contribution is -2.29. The first-order valence-electron chi connectivity index (χ1n) is 19.7. The molecular weight excluding hydrogens is 629 g/mol. The minimum Gasteiger partial charge on any atom is -0.462 e. The topological polar surface area (TPSA) is 134 Å². The lowest BCUT2D eigenvalue weighted by atomic mass is 10.0. The number of carbonyl (C=O) groups excluding carboxylic acids is 2. The molecule has 0 saturated carbocycles. The number of nitrogens with two attached hydrogens (primary N) is 1. The van der Waals surface area contributed by atoms with Crippen LogP contribution in [-0.4, -0.2) is 49.3 Å². The van der Waals surface area contributed by atoms with E-state index in [1.165, 1.54) is 103 Å². The van der Waals surface area contributed by atoms with Crippen molar-refractivity contribution in [3.05, 3.63) is 12.2 Å². The van der Waals surface area contributed by atoms with Crippen LogP contribution in [0.1, 0.15) is 187 Å². The maximum Gasteiger partial charge on any atom is 0.472 e. The summed E-state index contributed by atoms with van der Waals surface area (Å²) in [6, 6.07) is 0. The predicted octanol–water partition coefficient (Wildman–Crippen LogP) is 10.7. The second-order valence-corrected chi connectivity index (χ2v) is 14.6. The zero-order chi connectivity index (χ0) is 35.4. The molecule has 0 aliphatic carbocycles. The van der Waals surface area contributed by atoms with Crippen molar-refractivity contribution in [2.45, 2.75) is 193 Å². The molecule has 0 aromatic carbocycles. The van der Waals surface area contributed by atoms with E-state index in [0.717, 1.165) is 51.4 Å². The second-order valence-electron chi connectivity index (χ2n) is 13.2. The van der Waals surface area contributed by atoms with Crippen molar-refractivity contribution in [3.63, 3.8) is 0 Å². The Morgan fingerprint density at radius 1 is 0.604 bits per heavy atom. The van der Waals surface area contributed by atoms with Crippen LogP contribution in [-0.2, 0) is 32.7 Å². The molecule has 0 amide bonds. The van der Waals surface area contributed by atoms with Gasteiger partial charge < -0.3 is 20.1 Å². The predicted molar refractivity (Wildman–Crippen MR) is 197 cm³/mol. The Labute approximate surface area is 294 Å². The molecule has 0 heterocycles. The number of hydrogen-bond donors (Lipinski definition) is 2. The number of esters is 2. The summed E-state index contributed by atoms with van der Waals surface area (Å²) >= 11 is 0. The Hall–Kier alpha value is -1.25. The number of hydrogen-bond acceptors (Lipinski definition) is 8. The first-order chi connectivity index (χ1) is 23.3. The van der Waals surface area contributed by atoms with Crippen molar-refractivity contribution >= 4 is 19.8 Å². The molecule has 0 aromatic heterocycles. The highest BCUT2D eigenvalue weighted by Gasteiger charge is 2.25. The van der Waals surface area contributed by atoms with E-state index in [9.17, 15) is 19.0 Å². The highest BCUT2D eigenvalue weighted by Crippen LogP contribution is 2.43. The molecule has 0 spiro atoms. The minimum atomic E-state index is -4.37. The van der Waals surface area contributed by atoms with E-state index in [1.807, 2.05) is 0 Å². The van der Waals surface area contributed by atoms with Crippen LogP contribution in [0.2, 0.25) is 0 Å². The number of rotatable bonds is 37. The van der Waals surface area contributed by atoms with Crippen LogP contribution in [0.15, 0.2) is 12.2 Å². The molecule has 9 nitrogen and oxygen atoms in total. The average Bonchev–Trinajstić information content (AvgIpc) is 3.07. The van der Waals surface area contributed by atoms with Gasteiger partial charge in [-0.05, 0) is 38.5 Å². The molecular formula is C38H74NO8P. The van der Waals surface area contributed by atoms with Crippen molar-refractivity contribution in [2.24, 2.45) is 5.73 Å². The Morgan fingerprint density at radius 3 is 1.48 bits per heavy atom. The molecule has 2 unspecified atom stereocenters. The quantitative estimate of drug-likeness (QED) is 0.0280. The SMILES string of the molecule is CCCCCCCCC=CCCCCCCCC(=O)OCC(COP(=O)(O)OCCN)OC(=O)CCCCCCCCCCCCCC. The van der Waals surface area contributed by atoms with Gasteiger partial charge in [-0.1, -0.05) is 148 Å². The van der Waals surface area contributed by atoms with Gasteiger partial charge in [0, 0.05) is 19.4 Å². The van der Waals surface area contributed by atoms with Crippen LogP contribution in [0, 0.1) is 0 Å². The molecule has 2 atom stereocenters. The minimum absolute atomic E-state index is 0.0549. The molecule has 0 aromatic rings. The van der Waals surface area contributed by atoms with Crippen LogP contribution in [0.4, 0.5) is 0 Å². The van der Waals surface area contributed by atoms with Gasteiger partial charge in [-0.2, -0.15) is 0 Å². The summed E-state index contributed by atoms with van der Waals surface area (Å²) in [7, 11) is -4.37. The van der Waals surface area contributed by atoms with Crippen LogP contribution < -0.4 is 5.73 Å². The zero-order valence-electron chi connectivity index (χ0n) is 31.0. The van der Waals surface area contributed by atoms with Crippen molar-refractivity contribution in [1.82, 2.24) is 0 Å². The lowest BCUT2D eigenvalue weighted by molar-refractivity contribution is -0.161. The molecule has 0 radical (unpaired) electrons. The Bertz CT molecular complexity index is 810. The molecule has 10 heteroatoms. The molecule has 0 aliphatic heterocycles. The molecule has 0 saturated heterocycles. The molecule has 3 N–H and O–H groups in total. The summed E-state index contributed by atoms with van der Waals surface area (Å²) in [6.07, 6.45) is 33.8. The normalized spacial score (nSPS) is 13.5. The first kappa shape index (κ1) is 46.8. The van der Waals surface area contributed by atoms with Gasteiger partial charge in [0.1, 0.15) is 6.61 Å². The van der Waals surface area contributed by atoms with Gasteiger partial charge in [-0.3, -0.25) is 18.6 Å². The van der Waals surface area contributed by atoms with Gasteiger partial charge in [0.15, 0.2) is 6.10 Å². The smallest absolute Gasteiger partial charge is 0.462 e. The van der Waals surface area contributed by atoms with E-state index >= 15 is 0 Å². The molecule has 0 rings (SSSR count). The summed E-state index contributed by atoms with van der Waals surface area (Å²) in [6.45, 7) is 3.72. The van der Waals surface area contributed by atoms with E-state index in [-0.39, 0.29) is 38.6 Å². The standard InChI is InChI=1S/C38H74NO8P/c1-3-5-7-9-11-13-15-17-18-19-21-22-24-26-28-30-37(40)44-34-36(35-46-48(42,43)45-33-32-39)47-38(41)31-29-27-25-23-20-16-14-12-10-8-6-4-2/h17-18,36H,3-16,19-35,39H2,1-2H3,(H,42,43). The molecule has 48 heavy (non-hydrogen) atoms. The number of phosphoric ester groups is 1.